The van der Waals surface area contributed by atoms with E-state index in [1.54, 1.807) is 0 Å². The Morgan fingerprint density at radius 1 is 1.25 bits per heavy atom. The lowest BCUT2D eigenvalue weighted by Gasteiger charge is -2.15. The van der Waals surface area contributed by atoms with E-state index in [-0.39, 0.29) is 16.0 Å². The lowest BCUT2D eigenvalue weighted by molar-refractivity contribution is 0.488. The van der Waals surface area contributed by atoms with Gasteiger partial charge in [0, 0.05) is 6.04 Å². The Balaban J connectivity index is 2.67. The van der Waals surface area contributed by atoms with Crippen molar-refractivity contribution in [2.24, 2.45) is 5.92 Å². The molecule has 0 spiro atoms. The van der Waals surface area contributed by atoms with Gasteiger partial charge in [-0.2, -0.15) is 0 Å². The highest BCUT2D eigenvalue weighted by atomic mass is 35.5. The van der Waals surface area contributed by atoms with Gasteiger partial charge in [0.15, 0.2) is 0 Å². The molecular formula is C14H23ClN2O2S. The molecule has 4 nitrogen and oxygen atoms in total. The third-order valence-corrected chi connectivity index (χ3v) is 4.97. The van der Waals surface area contributed by atoms with Crippen LogP contribution in [0.5, 0.6) is 0 Å². The number of rotatable bonds is 7. The lowest BCUT2D eigenvalue weighted by Crippen LogP contribution is -2.32. The molecule has 0 bridgehead atoms. The summed E-state index contributed by atoms with van der Waals surface area (Å²) < 4.78 is 27.1. The first kappa shape index (κ1) is 17.3. The summed E-state index contributed by atoms with van der Waals surface area (Å²) >= 11 is 5.86. The fraction of sp³-hybridized carbons (Fsp3) is 0.571. The molecule has 1 aromatic carbocycles. The molecule has 0 amide bonds. The smallest absolute Gasteiger partial charge is 0.240 e. The maximum atomic E-state index is 12.2. The van der Waals surface area contributed by atoms with Gasteiger partial charge >= 0.3 is 0 Å². The first-order chi connectivity index (χ1) is 9.22. The van der Waals surface area contributed by atoms with Gasteiger partial charge in [0.2, 0.25) is 10.0 Å². The van der Waals surface area contributed by atoms with E-state index in [0.29, 0.717) is 11.6 Å². The van der Waals surface area contributed by atoms with Crippen LogP contribution in [0.4, 0.5) is 5.69 Å². The molecule has 1 aromatic rings. The first-order valence-corrected chi connectivity index (χ1v) is 8.66. The lowest BCUT2D eigenvalue weighted by atomic mass is 10.0. The highest BCUT2D eigenvalue weighted by molar-refractivity contribution is 7.89. The van der Waals surface area contributed by atoms with Crippen LogP contribution in [-0.2, 0) is 10.0 Å². The van der Waals surface area contributed by atoms with Gasteiger partial charge in [-0.25, -0.2) is 13.1 Å². The van der Waals surface area contributed by atoms with Crippen LogP contribution in [0.15, 0.2) is 23.1 Å². The molecule has 0 aromatic heterocycles. The summed E-state index contributed by atoms with van der Waals surface area (Å²) in [7, 11) is -3.54. The molecule has 0 heterocycles. The van der Waals surface area contributed by atoms with E-state index in [0.717, 1.165) is 19.3 Å². The van der Waals surface area contributed by atoms with Crippen molar-refractivity contribution in [3.8, 4) is 0 Å². The molecule has 3 N–H and O–H groups in total. The molecule has 0 fully saturated rings. The highest BCUT2D eigenvalue weighted by Crippen LogP contribution is 2.22. The first-order valence-electron chi connectivity index (χ1n) is 6.79. The Morgan fingerprint density at radius 2 is 1.90 bits per heavy atom. The van der Waals surface area contributed by atoms with Crippen LogP contribution in [0, 0.1) is 5.92 Å². The van der Waals surface area contributed by atoms with Crippen molar-refractivity contribution in [1.29, 1.82) is 0 Å². The van der Waals surface area contributed by atoms with Crippen LogP contribution in [0.2, 0.25) is 5.02 Å². The zero-order valence-corrected chi connectivity index (χ0v) is 13.8. The second-order valence-electron chi connectivity index (χ2n) is 5.53. The predicted molar refractivity (Wildman–Crippen MR) is 84.3 cm³/mol. The van der Waals surface area contributed by atoms with Gasteiger partial charge in [0.05, 0.1) is 15.6 Å². The number of nitrogens with two attached hydrogens (primary N) is 1. The van der Waals surface area contributed by atoms with Crippen molar-refractivity contribution in [2.45, 2.75) is 51.0 Å². The van der Waals surface area contributed by atoms with Crippen LogP contribution in [0.1, 0.15) is 40.0 Å². The maximum absolute atomic E-state index is 12.2. The van der Waals surface area contributed by atoms with Crippen molar-refractivity contribution in [1.82, 2.24) is 4.72 Å². The largest absolute Gasteiger partial charge is 0.398 e. The Kier molecular flexibility index (Phi) is 6.30. The number of sulfonamides is 1. The molecule has 0 radical (unpaired) electrons. The fourth-order valence-electron chi connectivity index (χ4n) is 1.90. The number of nitrogen functional groups attached to an aromatic ring is 1. The van der Waals surface area contributed by atoms with Gasteiger partial charge in [0.25, 0.3) is 0 Å². The molecule has 0 aliphatic rings. The molecular weight excluding hydrogens is 296 g/mol. The van der Waals surface area contributed by atoms with Gasteiger partial charge < -0.3 is 5.73 Å². The molecule has 0 aliphatic carbocycles. The van der Waals surface area contributed by atoms with Gasteiger partial charge in [-0.15, -0.1) is 0 Å². The molecule has 1 rings (SSSR count). The minimum Gasteiger partial charge on any atom is -0.398 e. The van der Waals surface area contributed by atoms with Gasteiger partial charge in [0.1, 0.15) is 0 Å². The summed E-state index contributed by atoms with van der Waals surface area (Å²) in [5.74, 6) is 0.634. The summed E-state index contributed by atoms with van der Waals surface area (Å²) in [5, 5.41) is 0.250. The van der Waals surface area contributed by atoms with Gasteiger partial charge in [-0.05, 0) is 37.5 Å². The van der Waals surface area contributed by atoms with Gasteiger partial charge in [-0.3, -0.25) is 0 Å². The van der Waals surface area contributed by atoms with Gasteiger partial charge in [-0.1, -0.05) is 38.3 Å². The van der Waals surface area contributed by atoms with Crippen LogP contribution in [0.3, 0.4) is 0 Å². The highest BCUT2D eigenvalue weighted by Gasteiger charge is 2.18. The molecule has 0 saturated heterocycles. The van der Waals surface area contributed by atoms with Crippen molar-refractivity contribution in [2.75, 3.05) is 5.73 Å². The zero-order valence-electron chi connectivity index (χ0n) is 12.2. The molecule has 1 atom stereocenters. The number of nitrogens with one attached hydrogen (secondary N) is 1. The average Bonchev–Trinajstić information content (AvgIpc) is 2.31. The van der Waals surface area contributed by atoms with Crippen molar-refractivity contribution in [3.63, 3.8) is 0 Å². The maximum Gasteiger partial charge on any atom is 0.240 e. The summed E-state index contributed by atoms with van der Waals surface area (Å²) in [6.07, 6.45) is 2.92. The number of hydrogen-bond donors (Lipinski definition) is 2. The van der Waals surface area contributed by atoms with Crippen molar-refractivity contribution in [3.05, 3.63) is 23.2 Å². The molecule has 20 heavy (non-hydrogen) atoms. The summed E-state index contributed by atoms with van der Waals surface area (Å²) in [6, 6.07) is 4.24. The predicted octanol–water partition coefficient (Wildman–Crippen LogP) is 3.42. The zero-order chi connectivity index (χ0) is 15.3. The SMILES string of the molecule is CC(C)CCCC(C)NS(=O)(=O)c1ccc(N)c(Cl)c1. The quantitative estimate of drug-likeness (QED) is 0.757. The summed E-state index contributed by atoms with van der Waals surface area (Å²) in [6.45, 7) is 6.19. The van der Waals surface area contributed by atoms with Crippen LogP contribution in [-0.4, -0.2) is 14.5 Å². The van der Waals surface area contributed by atoms with E-state index in [1.807, 2.05) is 6.92 Å². The van der Waals surface area contributed by atoms with E-state index in [4.69, 9.17) is 17.3 Å². The van der Waals surface area contributed by atoms with Crippen LogP contribution in [0.25, 0.3) is 0 Å². The van der Waals surface area contributed by atoms with Crippen LogP contribution >= 0.6 is 11.6 Å². The number of halogens is 1. The molecule has 0 aliphatic heterocycles. The third-order valence-electron chi connectivity index (χ3n) is 3.06. The molecule has 1 unspecified atom stereocenters. The summed E-state index contributed by atoms with van der Waals surface area (Å²) in [5.41, 5.74) is 5.95. The van der Waals surface area contributed by atoms with E-state index in [9.17, 15) is 8.42 Å². The van der Waals surface area contributed by atoms with Crippen molar-refractivity contribution < 1.29 is 8.42 Å². The number of hydrogen-bond acceptors (Lipinski definition) is 3. The number of anilines is 1. The fourth-order valence-corrected chi connectivity index (χ4v) is 3.45. The van der Waals surface area contributed by atoms with Crippen LogP contribution < -0.4 is 10.5 Å². The van der Waals surface area contributed by atoms with E-state index in [2.05, 4.69) is 18.6 Å². The molecule has 0 saturated carbocycles. The third kappa shape index (κ3) is 5.31. The standard InChI is InChI=1S/C14H23ClN2O2S/c1-10(2)5-4-6-11(3)17-20(18,19)12-7-8-14(16)13(15)9-12/h7-11,17H,4-6,16H2,1-3H3. The summed E-state index contributed by atoms with van der Waals surface area (Å²) in [4.78, 5) is 0.146. The topological polar surface area (TPSA) is 72.2 Å². The average molecular weight is 319 g/mol. The van der Waals surface area contributed by atoms with E-state index >= 15 is 0 Å². The second-order valence-corrected chi connectivity index (χ2v) is 7.65. The monoisotopic (exact) mass is 318 g/mol. The normalized spacial score (nSPS) is 13.7. The minimum atomic E-state index is -3.54. The Labute approximate surface area is 126 Å². The molecule has 114 valence electrons. The second kappa shape index (κ2) is 7.29. The Morgan fingerprint density at radius 3 is 2.45 bits per heavy atom. The Bertz CT molecular complexity index is 544. The van der Waals surface area contributed by atoms with E-state index in [1.165, 1.54) is 18.2 Å². The van der Waals surface area contributed by atoms with Crippen molar-refractivity contribution >= 4 is 27.3 Å². The van der Waals surface area contributed by atoms with E-state index < -0.39 is 10.0 Å². The molecule has 6 heteroatoms. The number of benzene rings is 1. The Hall–Kier alpha value is -0.780. The minimum absolute atomic E-state index is 0.102.